The van der Waals surface area contributed by atoms with Crippen molar-refractivity contribution in [2.75, 3.05) is 36.5 Å². The third-order valence-electron chi connectivity index (χ3n) is 4.93. The Hall–Kier alpha value is -2.37. The molecular formula is C18H21ClN6O4S. The molecule has 1 saturated heterocycles. The van der Waals surface area contributed by atoms with Crippen LogP contribution >= 0.6 is 23.4 Å². The predicted molar refractivity (Wildman–Crippen MR) is 113 cm³/mol. The third kappa shape index (κ3) is 4.52. The Morgan fingerprint density at radius 2 is 2.10 bits per heavy atom. The lowest BCUT2D eigenvalue weighted by atomic mass is 10.2. The number of thioether (sulfide) groups is 1. The summed E-state index contributed by atoms with van der Waals surface area (Å²) in [4.78, 5) is 25.2. The van der Waals surface area contributed by atoms with Crippen LogP contribution in [0.25, 0.3) is 0 Å². The number of hydrogen-bond donors (Lipinski definition) is 1. The third-order valence-corrected chi connectivity index (χ3v) is 6.29. The van der Waals surface area contributed by atoms with Crippen LogP contribution in [-0.4, -0.2) is 57.1 Å². The zero-order valence-corrected chi connectivity index (χ0v) is 17.9. The van der Waals surface area contributed by atoms with Crippen LogP contribution in [0.2, 0.25) is 5.02 Å². The number of nitrogens with zero attached hydrogens (tertiary/aromatic N) is 5. The number of morpholine rings is 1. The molecule has 1 atom stereocenters. The zero-order chi connectivity index (χ0) is 21.3. The first-order valence-corrected chi connectivity index (χ1v) is 10.9. The van der Waals surface area contributed by atoms with E-state index in [4.69, 9.17) is 16.3 Å². The summed E-state index contributed by atoms with van der Waals surface area (Å²) in [5.74, 6) is 0.559. The van der Waals surface area contributed by atoms with Gasteiger partial charge < -0.3 is 15.0 Å². The molecule has 1 unspecified atom stereocenters. The largest absolute Gasteiger partial charge is 0.378 e. The van der Waals surface area contributed by atoms with Crippen LogP contribution in [0.15, 0.2) is 23.4 Å². The maximum atomic E-state index is 12.7. The van der Waals surface area contributed by atoms with E-state index in [1.54, 1.807) is 6.92 Å². The maximum Gasteiger partial charge on any atom is 0.271 e. The molecule has 2 aromatic rings. The number of aromatic nitrogens is 3. The van der Waals surface area contributed by atoms with Gasteiger partial charge in [0.15, 0.2) is 5.16 Å². The van der Waals surface area contributed by atoms with Gasteiger partial charge in [-0.3, -0.25) is 19.5 Å². The van der Waals surface area contributed by atoms with E-state index >= 15 is 0 Å². The number of carbonyl (C=O) groups is 1. The fourth-order valence-electron chi connectivity index (χ4n) is 3.15. The Morgan fingerprint density at radius 1 is 1.37 bits per heavy atom. The first-order chi connectivity index (χ1) is 14.4. The first-order valence-electron chi connectivity index (χ1n) is 9.63. The molecule has 12 heteroatoms. The Morgan fingerprint density at radius 3 is 2.73 bits per heavy atom. The van der Waals surface area contributed by atoms with Gasteiger partial charge in [0.05, 0.1) is 34.1 Å². The van der Waals surface area contributed by atoms with Gasteiger partial charge >= 0.3 is 0 Å². The molecule has 1 amide bonds. The number of nitrogens with one attached hydrogen (secondary N) is 1. The number of ether oxygens (including phenoxy) is 1. The minimum absolute atomic E-state index is 0.116. The number of benzene rings is 1. The Bertz CT molecular complexity index is 960. The molecule has 1 saturated carbocycles. The van der Waals surface area contributed by atoms with Crippen LogP contribution in [0.1, 0.15) is 25.8 Å². The van der Waals surface area contributed by atoms with Crippen molar-refractivity contribution in [3.05, 3.63) is 33.3 Å². The van der Waals surface area contributed by atoms with Gasteiger partial charge in [0.2, 0.25) is 11.9 Å². The van der Waals surface area contributed by atoms with E-state index in [9.17, 15) is 14.9 Å². The SMILES string of the molecule is CC(Sc1nnc(N2CCOCC2)n1C1CC1)C(=O)Nc1ccc([N+](=O)[O-])cc1Cl. The number of nitro groups is 1. The summed E-state index contributed by atoms with van der Waals surface area (Å²) in [5.41, 5.74) is 0.200. The molecule has 0 radical (unpaired) electrons. The van der Waals surface area contributed by atoms with Crippen molar-refractivity contribution in [3.8, 4) is 0 Å². The van der Waals surface area contributed by atoms with Crippen molar-refractivity contribution in [1.29, 1.82) is 0 Å². The lowest BCUT2D eigenvalue weighted by Gasteiger charge is -2.28. The van der Waals surface area contributed by atoms with E-state index < -0.39 is 10.2 Å². The number of anilines is 2. The monoisotopic (exact) mass is 452 g/mol. The lowest BCUT2D eigenvalue weighted by molar-refractivity contribution is -0.384. The van der Waals surface area contributed by atoms with Crippen molar-refractivity contribution in [1.82, 2.24) is 14.8 Å². The van der Waals surface area contributed by atoms with Gasteiger partial charge in [-0.1, -0.05) is 23.4 Å². The van der Waals surface area contributed by atoms with Crippen molar-refractivity contribution in [2.45, 2.75) is 36.2 Å². The molecule has 30 heavy (non-hydrogen) atoms. The molecule has 160 valence electrons. The van der Waals surface area contributed by atoms with Crippen LogP contribution in [0.4, 0.5) is 17.3 Å². The van der Waals surface area contributed by atoms with Crippen LogP contribution in [-0.2, 0) is 9.53 Å². The normalized spacial score (nSPS) is 17.6. The molecule has 2 fully saturated rings. The molecule has 4 rings (SSSR count). The summed E-state index contributed by atoms with van der Waals surface area (Å²) in [5, 5.41) is 22.7. The quantitative estimate of drug-likeness (QED) is 0.387. The van der Waals surface area contributed by atoms with Crippen LogP contribution < -0.4 is 10.2 Å². The van der Waals surface area contributed by atoms with E-state index in [1.165, 1.54) is 30.0 Å². The fraction of sp³-hybridized carbons (Fsp3) is 0.500. The second-order valence-electron chi connectivity index (χ2n) is 7.15. The Balaban J connectivity index is 1.46. The Kier molecular flexibility index (Phi) is 6.11. The minimum atomic E-state index is -0.535. The smallest absolute Gasteiger partial charge is 0.271 e. The number of hydrogen-bond acceptors (Lipinski definition) is 8. The van der Waals surface area contributed by atoms with Gasteiger partial charge in [0, 0.05) is 31.3 Å². The summed E-state index contributed by atoms with van der Waals surface area (Å²) < 4.78 is 7.54. The van der Waals surface area contributed by atoms with Gasteiger partial charge in [-0.05, 0) is 25.8 Å². The van der Waals surface area contributed by atoms with E-state index in [-0.39, 0.29) is 16.6 Å². The summed E-state index contributed by atoms with van der Waals surface area (Å²) >= 11 is 7.41. The maximum absolute atomic E-state index is 12.7. The summed E-state index contributed by atoms with van der Waals surface area (Å²) in [6.45, 7) is 4.64. The predicted octanol–water partition coefficient (Wildman–Crippen LogP) is 3.13. The molecule has 0 spiro atoms. The van der Waals surface area contributed by atoms with Gasteiger partial charge in [-0.2, -0.15) is 0 Å². The molecular weight excluding hydrogens is 432 g/mol. The fourth-order valence-corrected chi connectivity index (χ4v) is 4.28. The number of halogens is 1. The first kappa shape index (κ1) is 20.9. The highest BCUT2D eigenvalue weighted by molar-refractivity contribution is 8.00. The van der Waals surface area contributed by atoms with E-state index in [0.717, 1.165) is 31.9 Å². The van der Waals surface area contributed by atoms with Gasteiger partial charge in [0.1, 0.15) is 0 Å². The summed E-state index contributed by atoms with van der Waals surface area (Å²) in [6.07, 6.45) is 2.14. The molecule has 1 N–H and O–H groups in total. The standard InChI is InChI=1S/C18H21ClN6O4S/c1-11(16(26)20-15-5-4-13(25(27)28)10-14(15)19)30-18-22-21-17(24(18)12-2-3-12)23-6-8-29-9-7-23/h4-5,10-12H,2-3,6-9H2,1H3,(H,20,26). The molecule has 0 bridgehead atoms. The average molecular weight is 453 g/mol. The van der Waals surface area contributed by atoms with Crippen molar-refractivity contribution in [2.24, 2.45) is 0 Å². The molecule has 1 aromatic heterocycles. The highest BCUT2D eigenvalue weighted by atomic mass is 35.5. The van der Waals surface area contributed by atoms with Crippen molar-refractivity contribution >= 4 is 46.6 Å². The Labute approximate surface area is 182 Å². The molecule has 1 aliphatic heterocycles. The van der Waals surface area contributed by atoms with Crippen LogP contribution in [0.5, 0.6) is 0 Å². The topological polar surface area (TPSA) is 115 Å². The number of nitro benzene ring substituents is 1. The number of rotatable bonds is 7. The number of carbonyl (C=O) groups excluding carboxylic acids is 1. The van der Waals surface area contributed by atoms with Crippen molar-refractivity contribution < 1.29 is 14.5 Å². The summed E-state index contributed by atoms with van der Waals surface area (Å²) in [7, 11) is 0. The van der Waals surface area contributed by atoms with Crippen LogP contribution in [0.3, 0.4) is 0 Å². The van der Waals surface area contributed by atoms with Crippen LogP contribution in [0, 0.1) is 10.1 Å². The highest BCUT2D eigenvalue weighted by Gasteiger charge is 2.33. The second-order valence-corrected chi connectivity index (χ2v) is 8.87. The molecule has 2 aliphatic rings. The number of amides is 1. The highest BCUT2D eigenvalue weighted by Crippen LogP contribution is 2.41. The van der Waals surface area contributed by atoms with Gasteiger partial charge in [-0.15, -0.1) is 10.2 Å². The van der Waals surface area contributed by atoms with E-state index in [1.807, 2.05) is 0 Å². The van der Waals surface area contributed by atoms with Gasteiger partial charge in [-0.25, -0.2) is 0 Å². The number of non-ortho nitro benzene ring substituents is 1. The lowest BCUT2D eigenvalue weighted by Crippen LogP contribution is -2.38. The summed E-state index contributed by atoms with van der Waals surface area (Å²) in [6, 6.07) is 4.31. The molecule has 1 aromatic carbocycles. The zero-order valence-electron chi connectivity index (χ0n) is 16.3. The molecule has 1 aliphatic carbocycles. The van der Waals surface area contributed by atoms with Gasteiger partial charge in [0.25, 0.3) is 5.69 Å². The molecule has 2 heterocycles. The minimum Gasteiger partial charge on any atom is -0.378 e. The van der Waals surface area contributed by atoms with E-state index in [2.05, 4.69) is 25.0 Å². The molecule has 10 nitrogen and oxygen atoms in total. The second kappa shape index (κ2) is 8.78. The van der Waals surface area contributed by atoms with E-state index in [0.29, 0.717) is 30.1 Å². The van der Waals surface area contributed by atoms with Crippen molar-refractivity contribution in [3.63, 3.8) is 0 Å². The average Bonchev–Trinajstić information content (AvgIpc) is 3.49.